The fourth-order valence-corrected chi connectivity index (χ4v) is 3.12. The van der Waals surface area contributed by atoms with Gasteiger partial charge in [0.2, 0.25) is 0 Å². The van der Waals surface area contributed by atoms with Crippen molar-refractivity contribution in [2.45, 2.75) is 17.6 Å². The molecular formula is C11H17NO4S2. The van der Waals surface area contributed by atoms with Crippen LogP contribution in [0, 0.1) is 0 Å². The lowest BCUT2D eigenvalue weighted by molar-refractivity contribution is -0.287. The Balaban J connectivity index is 2.08. The molecule has 0 radical (unpaired) electrons. The zero-order valence-electron chi connectivity index (χ0n) is 9.90. The van der Waals surface area contributed by atoms with E-state index in [1.807, 2.05) is 18.2 Å². The minimum absolute atomic E-state index is 0.0254. The molecule has 0 aliphatic carbocycles. The first kappa shape index (κ1) is 15.7. The van der Waals surface area contributed by atoms with E-state index in [0.717, 1.165) is 10.8 Å². The summed E-state index contributed by atoms with van der Waals surface area (Å²) in [5.74, 6) is 0.814. The summed E-state index contributed by atoms with van der Waals surface area (Å²) in [6.07, 6.45) is 2.07. The van der Waals surface area contributed by atoms with E-state index in [9.17, 15) is 0 Å². The molecular weight excluding hydrogens is 274 g/mol. The van der Waals surface area contributed by atoms with Crippen LogP contribution in [-0.4, -0.2) is 47.0 Å². The summed E-state index contributed by atoms with van der Waals surface area (Å²) in [6.45, 7) is 0.518. The van der Waals surface area contributed by atoms with E-state index in [1.165, 1.54) is 0 Å². The van der Waals surface area contributed by atoms with Crippen LogP contribution in [0.3, 0.4) is 0 Å². The molecule has 2 N–H and O–H groups in total. The van der Waals surface area contributed by atoms with Crippen LogP contribution in [-0.2, 0) is 9.62 Å². The molecule has 102 valence electrons. The van der Waals surface area contributed by atoms with Gasteiger partial charge in [-0.3, -0.25) is 5.26 Å². The summed E-state index contributed by atoms with van der Waals surface area (Å²) in [4.78, 5) is 8.49. The highest BCUT2D eigenvalue weighted by atomic mass is 33.1. The first-order valence-corrected chi connectivity index (χ1v) is 7.88. The second-order valence-electron chi connectivity index (χ2n) is 3.39. The van der Waals surface area contributed by atoms with Crippen LogP contribution in [0.5, 0.6) is 0 Å². The number of nitrogens with zero attached hydrogens (tertiary/aromatic N) is 1. The number of aliphatic hydroxyl groups is 1. The summed E-state index contributed by atoms with van der Waals surface area (Å²) in [5.41, 5.74) is 0. The maximum absolute atomic E-state index is 8.67. The lowest BCUT2D eigenvalue weighted by Gasteiger charge is -2.12. The molecule has 5 nitrogen and oxygen atoms in total. The summed E-state index contributed by atoms with van der Waals surface area (Å²) >= 11 is 0. The monoisotopic (exact) mass is 291 g/mol. The lowest BCUT2D eigenvalue weighted by atomic mass is 10.3. The van der Waals surface area contributed by atoms with Gasteiger partial charge in [-0.15, -0.1) is 0 Å². The molecule has 0 amide bonds. The van der Waals surface area contributed by atoms with Crippen LogP contribution in [0.15, 0.2) is 29.4 Å². The molecule has 0 aliphatic rings. The van der Waals surface area contributed by atoms with Crippen molar-refractivity contribution in [2.75, 3.05) is 25.6 Å². The van der Waals surface area contributed by atoms with Gasteiger partial charge >= 0.3 is 0 Å². The zero-order valence-corrected chi connectivity index (χ0v) is 11.5. The van der Waals surface area contributed by atoms with Crippen LogP contribution < -0.4 is 0 Å². The highest BCUT2D eigenvalue weighted by molar-refractivity contribution is 8.76. The molecule has 18 heavy (non-hydrogen) atoms. The minimum Gasteiger partial charge on any atom is -0.394 e. The Labute approximate surface area is 114 Å². The van der Waals surface area contributed by atoms with E-state index in [2.05, 4.69) is 9.87 Å². The van der Waals surface area contributed by atoms with Crippen molar-refractivity contribution in [3.63, 3.8) is 0 Å². The molecule has 1 atom stereocenters. The number of ether oxygens (including phenoxy) is 1. The van der Waals surface area contributed by atoms with Crippen molar-refractivity contribution in [3.8, 4) is 0 Å². The third kappa shape index (κ3) is 7.20. The van der Waals surface area contributed by atoms with Gasteiger partial charge in [-0.05, 0) is 29.3 Å². The maximum atomic E-state index is 8.67. The fourth-order valence-electron chi connectivity index (χ4n) is 1.12. The van der Waals surface area contributed by atoms with Gasteiger partial charge in [-0.1, -0.05) is 16.9 Å². The molecule has 0 aromatic carbocycles. The maximum Gasteiger partial charge on any atom is 0.117 e. The van der Waals surface area contributed by atoms with E-state index in [1.54, 1.807) is 27.8 Å². The average molecular weight is 291 g/mol. The summed E-state index contributed by atoms with van der Waals surface area (Å²) in [5, 5.41) is 18.2. The van der Waals surface area contributed by atoms with Crippen molar-refractivity contribution in [3.05, 3.63) is 24.4 Å². The zero-order chi connectivity index (χ0) is 13.1. The van der Waals surface area contributed by atoms with Gasteiger partial charge < -0.3 is 9.84 Å². The number of aliphatic hydroxyl groups excluding tert-OH is 1. The summed E-state index contributed by atoms with van der Waals surface area (Å²) in [7, 11) is 3.24. The Morgan fingerprint density at radius 2 is 2.28 bits per heavy atom. The van der Waals surface area contributed by atoms with E-state index in [-0.39, 0.29) is 25.9 Å². The third-order valence-electron chi connectivity index (χ3n) is 1.99. The molecule has 0 aliphatic heterocycles. The Morgan fingerprint density at radius 3 is 2.94 bits per heavy atom. The molecule has 0 saturated carbocycles. The molecule has 1 aromatic rings. The molecule has 0 fully saturated rings. The smallest absolute Gasteiger partial charge is 0.117 e. The van der Waals surface area contributed by atoms with Crippen molar-refractivity contribution < 1.29 is 20.0 Å². The summed E-state index contributed by atoms with van der Waals surface area (Å²) < 4.78 is 5.09. The number of aromatic nitrogens is 1. The van der Waals surface area contributed by atoms with E-state index < -0.39 is 0 Å². The van der Waals surface area contributed by atoms with Crippen LogP contribution in [0.4, 0.5) is 0 Å². The van der Waals surface area contributed by atoms with Gasteiger partial charge in [0, 0.05) is 11.9 Å². The van der Waals surface area contributed by atoms with Crippen molar-refractivity contribution in [1.29, 1.82) is 0 Å². The Bertz CT molecular complexity index is 302. The average Bonchev–Trinajstić information content (AvgIpc) is 2.43. The fraction of sp³-hybridized carbons (Fsp3) is 0.545. The molecule has 0 spiro atoms. The third-order valence-corrected chi connectivity index (χ3v) is 4.29. The SMILES string of the molecule is OCCOCC(CCSSc1ccccn1)OO. The van der Waals surface area contributed by atoms with Gasteiger partial charge in [-0.2, -0.15) is 0 Å². The van der Waals surface area contributed by atoms with Crippen LogP contribution in [0.25, 0.3) is 0 Å². The first-order chi connectivity index (χ1) is 8.86. The van der Waals surface area contributed by atoms with Gasteiger partial charge in [0.25, 0.3) is 0 Å². The van der Waals surface area contributed by atoms with Crippen LogP contribution in [0.1, 0.15) is 6.42 Å². The lowest BCUT2D eigenvalue weighted by Crippen LogP contribution is -2.20. The normalized spacial score (nSPS) is 12.6. The quantitative estimate of drug-likeness (QED) is 0.296. The topological polar surface area (TPSA) is 71.8 Å². The van der Waals surface area contributed by atoms with Gasteiger partial charge in [0.15, 0.2) is 0 Å². The molecule has 1 aromatic heterocycles. The van der Waals surface area contributed by atoms with Crippen molar-refractivity contribution in [1.82, 2.24) is 4.98 Å². The Hall–Kier alpha value is -0.310. The predicted octanol–water partition coefficient (Wildman–Crippen LogP) is 2.08. The van der Waals surface area contributed by atoms with Crippen LogP contribution in [0.2, 0.25) is 0 Å². The van der Waals surface area contributed by atoms with Crippen LogP contribution >= 0.6 is 21.6 Å². The van der Waals surface area contributed by atoms with Gasteiger partial charge in [0.05, 0.1) is 19.8 Å². The molecule has 1 heterocycles. The highest BCUT2D eigenvalue weighted by Crippen LogP contribution is 2.29. The number of pyridine rings is 1. The van der Waals surface area contributed by atoms with E-state index in [0.29, 0.717) is 6.42 Å². The molecule has 1 rings (SSSR count). The summed E-state index contributed by atoms with van der Waals surface area (Å²) in [6, 6.07) is 5.77. The van der Waals surface area contributed by atoms with E-state index >= 15 is 0 Å². The number of hydrogen-bond acceptors (Lipinski definition) is 7. The number of rotatable bonds is 10. The highest BCUT2D eigenvalue weighted by Gasteiger charge is 2.09. The second kappa shape index (κ2) is 10.6. The molecule has 1 unspecified atom stereocenters. The molecule has 0 saturated heterocycles. The van der Waals surface area contributed by atoms with Gasteiger partial charge in [-0.25, -0.2) is 9.87 Å². The largest absolute Gasteiger partial charge is 0.394 e. The Morgan fingerprint density at radius 1 is 1.39 bits per heavy atom. The first-order valence-electron chi connectivity index (χ1n) is 5.56. The van der Waals surface area contributed by atoms with Crippen molar-refractivity contribution in [2.24, 2.45) is 0 Å². The van der Waals surface area contributed by atoms with Crippen molar-refractivity contribution >= 4 is 21.6 Å². The minimum atomic E-state index is -0.353. The molecule has 0 bridgehead atoms. The second-order valence-corrected chi connectivity index (χ2v) is 5.82. The Kier molecular flexibility index (Phi) is 9.27. The standard InChI is InChI=1S/C11H17NO4S2/c13-6-7-15-9-10(16-14)4-8-17-18-11-3-1-2-5-12-11/h1-3,5,10,13-14H,4,6-9H2. The number of hydrogen-bond donors (Lipinski definition) is 2. The molecule has 7 heteroatoms. The van der Waals surface area contributed by atoms with E-state index in [4.69, 9.17) is 15.1 Å². The van der Waals surface area contributed by atoms with Gasteiger partial charge in [0.1, 0.15) is 11.1 Å². The predicted molar refractivity (Wildman–Crippen MR) is 72.6 cm³/mol.